The topological polar surface area (TPSA) is 69.2 Å². The fourth-order valence-corrected chi connectivity index (χ4v) is 5.36. The second-order valence-electron chi connectivity index (χ2n) is 9.59. The SMILES string of the molecule is FC(F)(F)Oc1ccc(-c2noc(-c3nn(C4CCCN(Cc5ccc(Cl)c(Cl)c5)C4)c4ccccc34)n2)cc1. The Labute approximate surface area is 237 Å². The van der Waals surface area contributed by atoms with E-state index in [1.165, 1.54) is 24.3 Å². The highest BCUT2D eigenvalue weighted by atomic mass is 35.5. The molecule has 3 heterocycles. The van der Waals surface area contributed by atoms with Crippen LogP contribution in [0, 0.1) is 0 Å². The van der Waals surface area contributed by atoms with Crippen LogP contribution in [-0.2, 0) is 6.54 Å². The molecule has 1 fully saturated rings. The van der Waals surface area contributed by atoms with E-state index in [0.717, 1.165) is 48.9 Å². The highest BCUT2D eigenvalue weighted by Gasteiger charge is 2.31. The highest BCUT2D eigenvalue weighted by Crippen LogP contribution is 2.34. The number of fused-ring (bicyclic) bond motifs is 1. The van der Waals surface area contributed by atoms with Crippen LogP contribution in [-0.4, -0.2) is 44.3 Å². The zero-order valence-corrected chi connectivity index (χ0v) is 22.4. The minimum absolute atomic E-state index is 0.124. The van der Waals surface area contributed by atoms with Gasteiger partial charge in [-0.15, -0.1) is 13.2 Å². The van der Waals surface area contributed by atoms with Crippen molar-refractivity contribution in [3.63, 3.8) is 0 Å². The van der Waals surface area contributed by atoms with Gasteiger partial charge in [0.1, 0.15) is 5.75 Å². The number of benzene rings is 3. The summed E-state index contributed by atoms with van der Waals surface area (Å²) in [5.41, 5.74) is 3.08. The van der Waals surface area contributed by atoms with Crippen LogP contribution in [0.4, 0.5) is 13.2 Å². The molecule has 0 aliphatic carbocycles. The molecule has 7 nitrogen and oxygen atoms in total. The molecule has 0 saturated carbocycles. The van der Waals surface area contributed by atoms with Crippen LogP contribution in [0.3, 0.4) is 0 Å². The first-order valence-electron chi connectivity index (χ1n) is 12.6. The monoisotopic (exact) mass is 587 g/mol. The van der Waals surface area contributed by atoms with Gasteiger partial charge >= 0.3 is 6.36 Å². The van der Waals surface area contributed by atoms with Gasteiger partial charge in [0.2, 0.25) is 5.82 Å². The first kappa shape index (κ1) is 26.6. The van der Waals surface area contributed by atoms with Gasteiger partial charge in [-0.3, -0.25) is 9.58 Å². The molecule has 2 aromatic heterocycles. The lowest BCUT2D eigenvalue weighted by molar-refractivity contribution is -0.274. The lowest BCUT2D eigenvalue weighted by atomic mass is 10.0. The van der Waals surface area contributed by atoms with Gasteiger partial charge in [0.15, 0.2) is 5.69 Å². The first-order chi connectivity index (χ1) is 19.2. The number of aromatic nitrogens is 4. The summed E-state index contributed by atoms with van der Waals surface area (Å²) in [4.78, 5) is 6.88. The Balaban J connectivity index is 1.25. The lowest BCUT2D eigenvalue weighted by Gasteiger charge is -2.33. The van der Waals surface area contributed by atoms with Gasteiger partial charge in [-0.25, -0.2) is 0 Å². The highest BCUT2D eigenvalue weighted by molar-refractivity contribution is 6.42. The maximum atomic E-state index is 12.5. The van der Waals surface area contributed by atoms with Crippen molar-refractivity contribution in [1.29, 1.82) is 0 Å². The third kappa shape index (κ3) is 5.65. The summed E-state index contributed by atoms with van der Waals surface area (Å²) in [6.45, 7) is 2.51. The Morgan fingerprint density at radius 3 is 2.58 bits per heavy atom. The van der Waals surface area contributed by atoms with Crippen molar-refractivity contribution >= 4 is 34.1 Å². The first-order valence-corrected chi connectivity index (χ1v) is 13.3. The molecule has 6 rings (SSSR count). The fraction of sp³-hybridized carbons (Fsp3) is 0.250. The van der Waals surface area contributed by atoms with E-state index in [0.29, 0.717) is 21.3 Å². The van der Waals surface area contributed by atoms with Crippen LogP contribution in [0.1, 0.15) is 24.4 Å². The zero-order valence-electron chi connectivity index (χ0n) is 20.9. The summed E-state index contributed by atoms with van der Waals surface area (Å²) in [6.07, 6.45) is -2.79. The van der Waals surface area contributed by atoms with E-state index in [2.05, 4.69) is 19.8 Å². The number of alkyl halides is 3. The molecule has 5 aromatic rings. The minimum Gasteiger partial charge on any atom is -0.406 e. The number of halogens is 5. The van der Waals surface area contributed by atoms with Crippen LogP contribution in [0.15, 0.2) is 71.3 Å². The molecule has 3 aromatic carbocycles. The number of piperidine rings is 1. The average Bonchev–Trinajstić information content (AvgIpc) is 3.56. The third-order valence-corrected chi connectivity index (χ3v) is 7.54. The quantitative estimate of drug-likeness (QED) is 0.202. The Morgan fingerprint density at radius 1 is 1.00 bits per heavy atom. The number of hydrogen-bond acceptors (Lipinski definition) is 6. The molecule has 0 bridgehead atoms. The van der Waals surface area contributed by atoms with Crippen LogP contribution in [0.25, 0.3) is 33.9 Å². The van der Waals surface area contributed by atoms with E-state index >= 15 is 0 Å². The van der Waals surface area contributed by atoms with Crippen molar-refractivity contribution in [2.45, 2.75) is 31.8 Å². The molecule has 0 spiro atoms. The summed E-state index contributed by atoms with van der Waals surface area (Å²) in [5, 5.41) is 10.9. The van der Waals surface area contributed by atoms with Gasteiger partial charge in [0.05, 0.1) is 21.6 Å². The molecule has 40 heavy (non-hydrogen) atoms. The maximum absolute atomic E-state index is 12.5. The Morgan fingerprint density at radius 2 is 1.80 bits per heavy atom. The molecular weight excluding hydrogens is 566 g/mol. The summed E-state index contributed by atoms with van der Waals surface area (Å²) >= 11 is 12.3. The van der Waals surface area contributed by atoms with Crippen molar-refractivity contribution in [2.75, 3.05) is 13.1 Å². The van der Waals surface area contributed by atoms with E-state index < -0.39 is 6.36 Å². The van der Waals surface area contributed by atoms with Gasteiger partial charge in [-0.05, 0) is 67.4 Å². The Hall–Kier alpha value is -3.60. The smallest absolute Gasteiger partial charge is 0.406 e. The predicted molar refractivity (Wildman–Crippen MR) is 145 cm³/mol. The van der Waals surface area contributed by atoms with Crippen molar-refractivity contribution in [2.24, 2.45) is 0 Å². The van der Waals surface area contributed by atoms with Crippen molar-refractivity contribution < 1.29 is 22.4 Å². The fourth-order valence-electron chi connectivity index (χ4n) is 5.04. The molecule has 0 amide bonds. The lowest BCUT2D eigenvalue weighted by Crippen LogP contribution is -2.36. The summed E-state index contributed by atoms with van der Waals surface area (Å²) in [7, 11) is 0. The zero-order chi connectivity index (χ0) is 27.9. The van der Waals surface area contributed by atoms with Crippen LogP contribution < -0.4 is 4.74 Å². The van der Waals surface area contributed by atoms with Crippen LogP contribution in [0.2, 0.25) is 10.0 Å². The Kier molecular flexibility index (Phi) is 7.16. The average molecular weight is 588 g/mol. The van der Waals surface area contributed by atoms with Crippen LogP contribution >= 0.6 is 23.2 Å². The molecule has 0 radical (unpaired) electrons. The number of rotatable bonds is 6. The molecule has 1 aliphatic rings. The number of likely N-dealkylation sites (tertiary alicyclic amines) is 1. The number of para-hydroxylation sites is 1. The van der Waals surface area contributed by atoms with E-state index in [-0.39, 0.29) is 23.5 Å². The van der Waals surface area contributed by atoms with Gasteiger partial charge in [0.25, 0.3) is 5.89 Å². The van der Waals surface area contributed by atoms with E-state index in [1.807, 2.05) is 47.1 Å². The summed E-state index contributed by atoms with van der Waals surface area (Å²) < 4.78 is 49.0. The predicted octanol–water partition coefficient (Wildman–Crippen LogP) is 7.80. The second kappa shape index (κ2) is 10.8. The Bertz CT molecular complexity index is 1650. The molecule has 1 unspecified atom stereocenters. The van der Waals surface area contributed by atoms with Crippen molar-refractivity contribution in [1.82, 2.24) is 24.8 Å². The molecule has 1 saturated heterocycles. The standard InChI is InChI=1S/C28H22Cl2F3N5O2/c29-22-12-7-17(14-23(22)30)15-37-13-3-4-19(16-37)38-24-6-2-1-5-21(24)25(35-38)27-34-26(36-40-27)18-8-10-20(11-9-18)39-28(31,32)33/h1-2,5-12,14,19H,3-4,13,15-16H2. The van der Waals surface area contributed by atoms with E-state index in [1.54, 1.807) is 0 Å². The van der Waals surface area contributed by atoms with E-state index in [4.69, 9.17) is 32.8 Å². The molecule has 206 valence electrons. The summed E-state index contributed by atoms with van der Waals surface area (Å²) in [5.74, 6) is 0.132. The van der Waals surface area contributed by atoms with Crippen molar-refractivity contribution in [3.8, 4) is 28.7 Å². The normalized spacial score (nSPS) is 16.5. The van der Waals surface area contributed by atoms with Gasteiger partial charge in [0, 0.05) is 24.0 Å². The summed E-state index contributed by atoms with van der Waals surface area (Å²) in [6, 6.07) is 19.0. The molecule has 1 aliphatic heterocycles. The molecule has 12 heteroatoms. The van der Waals surface area contributed by atoms with Gasteiger partial charge in [-0.2, -0.15) is 10.1 Å². The molecular formula is C28H22Cl2F3N5O2. The maximum Gasteiger partial charge on any atom is 0.573 e. The molecule has 1 atom stereocenters. The molecule has 0 N–H and O–H groups in total. The van der Waals surface area contributed by atoms with Gasteiger partial charge < -0.3 is 9.26 Å². The number of nitrogens with zero attached hydrogens (tertiary/aromatic N) is 5. The van der Waals surface area contributed by atoms with Crippen molar-refractivity contribution in [3.05, 3.63) is 82.3 Å². The van der Waals surface area contributed by atoms with Crippen LogP contribution in [0.5, 0.6) is 5.75 Å². The minimum atomic E-state index is -4.76. The number of ether oxygens (including phenoxy) is 1. The van der Waals surface area contributed by atoms with Gasteiger partial charge in [-0.1, -0.05) is 52.6 Å². The number of hydrogen-bond donors (Lipinski definition) is 0. The third-order valence-electron chi connectivity index (χ3n) is 6.81. The second-order valence-corrected chi connectivity index (χ2v) is 10.4. The largest absolute Gasteiger partial charge is 0.573 e. The van der Waals surface area contributed by atoms with E-state index in [9.17, 15) is 13.2 Å².